The van der Waals surface area contributed by atoms with Crippen LogP contribution >= 0.6 is 11.6 Å². The zero-order chi connectivity index (χ0) is 11.7. The highest BCUT2D eigenvalue weighted by Gasteiger charge is 2.29. The minimum Gasteiger partial charge on any atom is -0.467 e. The van der Waals surface area contributed by atoms with Gasteiger partial charge in [-0.25, -0.2) is 4.79 Å². The highest BCUT2D eigenvalue weighted by molar-refractivity contribution is 6.32. The number of aliphatic hydroxyl groups excluding tert-OH is 1. The van der Waals surface area contributed by atoms with Crippen LogP contribution in [0.2, 0.25) is 5.02 Å². The molecule has 1 heterocycles. The summed E-state index contributed by atoms with van der Waals surface area (Å²) in [5.41, 5.74) is 0.170. The van der Waals surface area contributed by atoms with E-state index < -0.39 is 12.1 Å². The molecule has 0 fully saturated rings. The molecule has 6 heteroatoms. The van der Waals surface area contributed by atoms with Crippen molar-refractivity contribution in [1.29, 1.82) is 0 Å². The third kappa shape index (κ3) is 1.68. The van der Waals surface area contributed by atoms with E-state index in [1.165, 1.54) is 13.2 Å². The molecule has 0 saturated carbocycles. The van der Waals surface area contributed by atoms with Crippen LogP contribution in [0.4, 0.5) is 0 Å². The molecule has 1 aromatic rings. The van der Waals surface area contributed by atoms with Gasteiger partial charge >= 0.3 is 5.97 Å². The van der Waals surface area contributed by atoms with E-state index in [1.54, 1.807) is 6.07 Å². The Labute approximate surface area is 96.5 Å². The second-order valence-corrected chi connectivity index (χ2v) is 3.53. The standard InChI is InChI=1S/C10H9ClO5/c1-14-10(13)8(12)7-5(11)2-3-6-9(7)16-4-15-6/h2-3,8,12H,4H2,1H3. The Bertz CT molecular complexity index is 431. The summed E-state index contributed by atoms with van der Waals surface area (Å²) in [6, 6.07) is 3.13. The average Bonchev–Trinajstić information content (AvgIpc) is 2.75. The zero-order valence-electron chi connectivity index (χ0n) is 8.40. The summed E-state index contributed by atoms with van der Waals surface area (Å²) in [6.07, 6.45) is -1.48. The van der Waals surface area contributed by atoms with Crippen molar-refractivity contribution in [2.45, 2.75) is 6.10 Å². The van der Waals surface area contributed by atoms with Gasteiger partial charge in [-0.3, -0.25) is 0 Å². The molecular formula is C10H9ClO5. The van der Waals surface area contributed by atoms with E-state index in [0.717, 1.165) is 0 Å². The van der Waals surface area contributed by atoms with Crippen molar-refractivity contribution in [2.75, 3.05) is 13.9 Å². The van der Waals surface area contributed by atoms with Gasteiger partial charge in [-0.2, -0.15) is 0 Å². The summed E-state index contributed by atoms with van der Waals surface area (Å²) in [7, 11) is 1.18. The third-order valence-electron chi connectivity index (χ3n) is 2.22. The summed E-state index contributed by atoms with van der Waals surface area (Å²) < 4.78 is 14.7. The van der Waals surface area contributed by atoms with Crippen LogP contribution in [0.25, 0.3) is 0 Å². The van der Waals surface area contributed by atoms with E-state index in [4.69, 9.17) is 21.1 Å². The SMILES string of the molecule is COC(=O)C(O)c1c(Cl)ccc2c1OCO2. The van der Waals surface area contributed by atoms with Crippen LogP contribution in [0.1, 0.15) is 11.7 Å². The van der Waals surface area contributed by atoms with Crippen molar-refractivity contribution >= 4 is 17.6 Å². The summed E-state index contributed by atoms with van der Waals surface area (Å²) in [5, 5.41) is 9.96. The van der Waals surface area contributed by atoms with E-state index in [2.05, 4.69) is 4.74 Å². The lowest BCUT2D eigenvalue weighted by Gasteiger charge is -2.12. The van der Waals surface area contributed by atoms with Gasteiger partial charge in [0.25, 0.3) is 0 Å². The second kappa shape index (κ2) is 4.19. The summed E-state index contributed by atoms with van der Waals surface area (Å²) in [6.45, 7) is 0.0383. The average molecular weight is 245 g/mol. The van der Waals surface area contributed by atoms with Gasteiger partial charge in [0.1, 0.15) is 0 Å². The molecule has 2 rings (SSSR count). The van der Waals surface area contributed by atoms with Gasteiger partial charge in [0.2, 0.25) is 6.79 Å². The normalized spacial score (nSPS) is 14.7. The van der Waals surface area contributed by atoms with Crippen molar-refractivity contribution < 1.29 is 24.1 Å². The molecule has 5 nitrogen and oxygen atoms in total. The summed E-state index contributed by atoms with van der Waals surface area (Å²) in [4.78, 5) is 11.2. The number of rotatable bonds is 2. The van der Waals surface area contributed by atoms with E-state index in [9.17, 15) is 9.90 Å². The number of methoxy groups -OCH3 is 1. The lowest BCUT2D eigenvalue weighted by atomic mass is 10.1. The number of benzene rings is 1. The number of esters is 1. The van der Waals surface area contributed by atoms with Crippen LogP contribution in [0, 0.1) is 0 Å². The van der Waals surface area contributed by atoms with Crippen molar-refractivity contribution in [3.63, 3.8) is 0 Å². The fourth-order valence-corrected chi connectivity index (χ4v) is 1.71. The van der Waals surface area contributed by atoms with Crippen LogP contribution in [0.15, 0.2) is 12.1 Å². The largest absolute Gasteiger partial charge is 0.467 e. The molecule has 0 spiro atoms. The maximum absolute atomic E-state index is 11.2. The third-order valence-corrected chi connectivity index (χ3v) is 2.55. The van der Waals surface area contributed by atoms with Crippen LogP contribution in [0.5, 0.6) is 11.5 Å². The van der Waals surface area contributed by atoms with Crippen molar-refractivity contribution in [2.24, 2.45) is 0 Å². The Morgan fingerprint density at radius 1 is 1.56 bits per heavy atom. The monoisotopic (exact) mass is 244 g/mol. The van der Waals surface area contributed by atoms with E-state index in [-0.39, 0.29) is 23.1 Å². The number of hydrogen-bond acceptors (Lipinski definition) is 5. The minimum absolute atomic E-state index is 0.0383. The van der Waals surface area contributed by atoms with E-state index in [1.807, 2.05) is 0 Å². The van der Waals surface area contributed by atoms with Crippen molar-refractivity contribution in [1.82, 2.24) is 0 Å². The number of carbonyl (C=O) groups is 1. The number of aliphatic hydroxyl groups is 1. The smallest absolute Gasteiger partial charge is 0.339 e. The Morgan fingerprint density at radius 2 is 2.31 bits per heavy atom. The minimum atomic E-state index is -1.48. The predicted molar refractivity (Wildman–Crippen MR) is 54.6 cm³/mol. The first-order chi connectivity index (χ1) is 7.65. The molecule has 0 aliphatic carbocycles. The second-order valence-electron chi connectivity index (χ2n) is 3.12. The number of halogens is 1. The van der Waals surface area contributed by atoms with Gasteiger partial charge in [-0.05, 0) is 12.1 Å². The van der Waals surface area contributed by atoms with Gasteiger partial charge < -0.3 is 19.3 Å². The first-order valence-electron chi connectivity index (χ1n) is 4.49. The molecule has 1 aromatic carbocycles. The predicted octanol–water partition coefficient (Wildman–Crippen LogP) is 1.28. The molecule has 16 heavy (non-hydrogen) atoms. The van der Waals surface area contributed by atoms with Gasteiger partial charge in [-0.1, -0.05) is 11.6 Å². The van der Waals surface area contributed by atoms with E-state index in [0.29, 0.717) is 5.75 Å². The molecule has 1 aliphatic rings. The molecule has 1 N–H and O–H groups in total. The maximum atomic E-state index is 11.2. The first kappa shape index (κ1) is 11.0. The first-order valence-corrected chi connectivity index (χ1v) is 4.87. The quantitative estimate of drug-likeness (QED) is 0.794. The molecule has 1 atom stereocenters. The molecule has 0 saturated heterocycles. The molecule has 0 aromatic heterocycles. The van der Waals surface area contributed by atoms with E-state index >= 15 is 0 Å². The Balaban J connectivity index is 2.47. The molecule has 0 bridgehead atoms. The maximum Gasteiger partial charge on any atom is 0.339 e. The Morgan fingerprint density at radius 3 is 3.00 bits per heavy atom. The number of fused-ring (bicyclic) bond motifs is 1. The van der Waals surface area contributed by atoms with Crippen LogP contribution < -0.4 is 9.47 Å². The molecule has 0 amide bonds. The van der Waals surface area contributed by atoms with Gasteiger partial charge in [0.15, 0.2) is 17.6 Å². The van der Waals surface area contributed by atoms with Crippen molar-refractivity contribution in [3.8, 4) is 11.5 Å². The van der Waals surface area contributed by atoms with Gasteiger partial charge in [0.05, 0.1) is 17.7 Å². The number of ether oxygens (including phenoxy) is 3. The molecular weight excluding hydrogens is 236 g/mol. The Hall–Kier alpha value is -1.46. The fourth-order valence-electron chi connectivity index (χ4n) is 1.45. The Kier molecular flexibility index (Phi) is 2.89. The topological polar surface area (TPSA) is 65.0 Å². The van der Waals surface area contributed by atoms with Crippen LogP contribution in [-0.2, 0) is 9.53 Å². The molecule has 86 valence electrons. The molecule has 0 radical (unpaired) electrons. The van der Waals surface area contributed by atoms with Gasteiger partial charge in [-0.15, -0.1) is 0 Å². The van der Waals surface area contributed by atoms with Crippen molar-refractivity contribution in [3.05, 3.63) is 22.7 Å². The summed E-state index contributed by atoms with van der Waals surface area (Å²) in [5.74, 6) is -0.0708. The highest BCUT2D eigenvalue weighted by Crippen LogP contribution is 2.42. The number of hydrogen-bond donors (Lipinski definition) is 1. The lowest BCUT2D eigenvalue weighted by molar-refractivity contribution is -0.150. The zero-order valence-corrected chi connectivity index (χ0v) is 9.15. The molecule has 1 unspecified atom stereocenters. The fraction of sp³-hybridized carbons (Fsp3) is 0.300. The van der Waals surface area contributed by atoms with Crippen LogP contribution in [0.3, 0.4) is 0 Å². The molecule has 1 aliphatic heterocycles. The summed E-state index contributed by atoms with van der Waals surface area (Å²) >= 11 is 5.90. The van der Waals surface area contributed by atoms with Crippen LogP contribution in [-0.4, -0.2) is 25.0 Å². The lowest BCUT2D eigenvalue weighted by Crippen LogP contribution is -2.14. The highest BCUT2D eigenvalue weighted by atomic mass is 35.5. The van der Waals surface area contributed by atoms with Gasteiger partial charge in [0, 0.05) is 0 Å². The number of carbonyl (C=O) groups excluding carboxylic acids is 1.